The number of rotatable bonds is 7. The number of hydrogen-bond acceptors (Lipinski definition) is 2. The van der Waals surface area contributed by atoms with Crippen LogP contribution in [0, 0.1) is 6.92 Å². The summed E-state index contributed by atoms with van der Waals surface area (Å²) >= 11 is 6.18. The second-order valence-corrected chi connectivity index (χ2v) is 13.0. The van der Waals surface area contributed by atoms with E-state index in [-0.39, 0.29) is 0 Å². The lowest BCUT2D eigenvalue weighted by Crippen LogP contribution is -2.22. The number of halogens is 1. The fraction of sp³-hybridized carbons (Fsp3) is 0.389. The van der Waals surface area contributed by atoms with Gasteiger partial charge >= 0.3 is 0 Å². The Morgan fingerprint density at radius 1 is 1.26 bits per heavy atom. The molecule has 0 aliphatic rings. The normalized spacial score (nSPS) is 11.7. The maximum atomic E-state index is 6.18. The summed E-state index contributed by atoms with van der Waals surface area (Å²) in [6, 6.07) is 9.02. The Bertz CT molecular complexity index is 689. The van der Waals surface area contributed by atoms with Crippen LogP contribution in [0.1, 0.15) is 5.56 Å². The first-order valence-corrected chi connectivity index (χ1v) is 11.9. The SMILES string of the molecule is C=Nc1ccn(COCC[Si](C)(C)C)c1-c1cc(Cl)ccc1C. The standard InChI is InChI=1S/C18H25ClN2OSi/c1-14-6-7-15(19)12-16(14)18-17(20-2)8-9-21(18)13-22-10-11-23(3,4)5/h6-9,12H,2,10-11,13H2,1,3-5H3. The van der Waals surface area contributed by atoms with Crippen molar-refractivity contribution < 1.29 is 4.74 Å². The zero-order valence-corrected chi connectivity index (χ0v) is 16.2. The lowest BCUT2D eigenvalue weighted by molar-refractivity contribution is 0.0886. The van der Waals surface area contributed by atoms with E-state index in [0.717, 1.165) is 35.2 Å². The van der Waals surface area contributed by atoms with Gasteiger partial charge in [-0.1, -0.05) is 37.3 Å². The van der Waals surface area contributed by atoms with Crippen molar-refractivity contribution in [1.82, 2.24) is 4.57 Å². The fourth-order valence-corrected chi connectivity index (χ4v) is 3.31. The second kappa shape index (κ2) is 7.47. The van der Waals surface area contributed by atoms with Gasteiger partial charge in [-0.05, 0) is 43.4 Å². The molecule has 0 radical (unpaired) electrons. The van der Waals surface area contributed by atoms with Gasteiger partial charge in [0.2, 0.25) is 0 Å². The summed E-state index contributed by atoms with van der Waals surface area (Å²) in [6.07, 6.45) is 1.99. The molecule has 1 aromatic carbocycles. The molecule has 0 fully saturated rings. The Hall–Kier alpha value is -1.36. The van der Waals surface area contributed by atoms with Gasteiger partial charge in [0.1, 0.15) is 6.73 Å². The van der Waals surface area contributed by atoms with Crippen molar-refractivity contribution >= 4 is 32.1 Å². The molecule has 3 nitrogen and oxygen atoms in total. The van der Waals surface area contributed by atoms with Gasteiger partial charge in [-0.3, -0.25) is 4.99 Å². The molecule has 1 heterocycles. The van der Waals surface area contributed by atoms with Crippen molar-refractivity contribution in [2.24, 2.45) is 4.99 Å². The van der Waals surface area contributed by atoms with E-state index in [4.69, 9.17) is 16.3 Å². The molecule has 1 aromatic heterocycles. The van der Waals surface area contributed by atoms with Gasteiger partial charge in [-0.2, -0.15) is 0 Å². The molecule has 0 unspecified atom stereocenters. The van der Waals surface area contributed by atoms with Crippen LogP contribution < -0.4 is 0 Å². The van der Waals surface area contributed by atoms with Gasteiger partial charge in [0.25, 0.3) is 0 Å². The quantitative estimate of drug-likeness (QED) is 0.355. The molecule has 0 amide bonds. The highest BCUT2D eigenvalue weighted by atomic mass is 35.5. The molecule has 0 aliphatic heterocycles. The highest BCUT2D eigenvalue weighted by Gasteiger charge is 2.15. The molecule has 0 aliphatic carbocycles. The molecule has 23 heavy (non-hydrogen) atoms. The minimum absolute atomic E-state index is 0.515. The smallest absolute Gasteiger partial charge is 0.122 e. The van der Waals surface area contributed by atoms with Crippen LogP contribution in [-0.4, -0.2) is 26.0 Å². The summed E-state index contributed by atoms with van der Waals surface area (Å²) in [5.74, 6) is 0. The summed E-state index contributed by atoms with van der Waals surface area (Å²) in [6.45, 7) is 14.1. The van der Waals surface area contributed by atoms with Gasteiger partial charge in [-0.25, -0.2) is 0 Å². The third-order valence-corrected chi connectivity index (χ3v) is 5.73. The van der Waals surface area contributed by atoms with Crippen molar-refractivity contribution in [2.75, 3.05) is 6.61 Å². The van der Waals surface area contributed by atoms with Gasteiger partial charge in [0.15, 0.2) is 0 Å². The first-order chi connectivity index (χ1) is 10.8. The van der Waals surface area contributed by atoms with Crippen molar-refractivity contribution in [3.63, 3.8) is 0 Å². The Labute approximate surface area is 145 Å². The van der Waals surface area contributed by atoms with Gasteiger partial charge in [0.05, 0.1) is 11.4 Å². The predicted molar refractivity (Wildman–Crippen MR) is 103 cm³/mol. The number of ether oxygens (including phenoxy) is 1. The van der Waals surface area contributed by atoms with Crippen LogP contribution in [-0.2, 0) is 11.5 Å². The minimum atomic E-state index is -1.07. The number of benzene rings is 1. The highest BCUT2D eigenvalue weighted by Crippen LogP contribution is 2.35. The molecular weight excluding hydrogens is 324 g/mol. The van der Waals surface area contributed by atoms with Crippen LogP contribution in [0.2, 0.25) is 30.7 Å². The maximum absolute atomic E-state index is 6.18. The molecule has 0 saturated carbocycles. The van der Waals surface area contributed by atoms with Crippen molar-refractivity contribution in [3.05, 3.63) is 41.0 Å². The zero-order valence-electron chi connectivity index (χ0n) is 14.4. The molecule has 0 atom stereocenters. The molecule has 5 heteroatoms. The largest absolute Gasteiger partial charge is 0.361 e. The zero-order chi connectivity index (χ0) is 17.0. The lowest BCUT2D eigenvalue weighted by Gasteiger charge is -2.17. The Morgan fingerprint density at radius 2 is 2.00 bits per heavy atom. The first kappa shape index (κ1) is 18.0. The number of hydrogen-bond donors (Lipinski definition) is 0. The highest BCUT2D eigenvalue weighted by molar-refractivity contribution is 6.76. The van der Waals surface area contributed by atoms with Gasteiger partial charge in [-0.15, -0.1) is 0 Å². The first-order valence-electron chi connectivity index (χ1n) is 7.82. The minimum Gasteiger partial charge on any atom is -0.361 e. The molecule has 0 spiro atoms. The van der Waals surface area contributed by atoms with E-state index in [2.05, 4.69) is 42.8 Å². The molecular formula is C18H25ClN2OSi. The molecule has 0 bridgehead atoms. The van der Waals surface area contributed by atoms with Crippen LogP contribution in [0.25, 0.3) is 11.3 Å². The second-order valence-electron chi connectivity index (χ2n) is 6.98. The van der Waals surface area contributed by atoms with Gasteiger partial charge in [0, 0.05) is 31.5 Å². The average Bonchev–Trinajstić information content (AvgIpc) is 2.88. The van der Waals surface area contributed by atoms with Crippen LogP contribution in [0.5, 0.6) is 0 Å². The Morgan fingerprint density at radius 3 is 2.65 bits per heavy atom. The summed E-state index contributed by atoms with van der Waals surface area (Å²) in [7, 11) is -1.07. The summed E-state index contributed by atoms with van der Waals surface area (Å²) in [4.78, 5) is 4.14. The summed E-state index contributed by atoms with van der Waals surface area (Å²) in [5, 5.41) is 0.716. The van der Waals surface area contributed by atoms with E-state index >= 15 is 0 Å². The van der Waals surface area contributed by atoms with E-state index in [1.807, 2.05) is 30.5 Å². The van der Waals surface area contributed by atoms with Crippen LogP contribution in [0.3, 0.4) is 0 Å². The average molecular weight is 349 g/mol. The maximum Gasteiger partial charge on any atom is 0.122 e. The number of aliphatic imine (C=N–C) groups is 1. The molecule has 0 saturated heterocycles. The molecule has 124 valence electrons. The van der Waals surface area contributed by atoms with Crippen LogP contribution >= 0.6 is 11.6 Å². The summed E-state index contributed by atoms with van der Waals surface area (Å²) in [5.41, 5.74) is 4.08. The topological polar surface area (TPSA) is 26.5 Å². The monoisotopic (exact) mass is 348 g/mol. The van der Waals surface area contributed by atoms with Crippen molar-refractivity contribution in [1.29, 1.82) is 0 Å². The van der Waals surface area contributed by atoms with E-state index in [9.17, 15) is 0 Å². The summed E-state index contributed by atoms with van der Waals surface area (Å²) < 4.78 is 7.96. The fourth-order valence-electron chi connectivity index (χ4n) is 2.38. The van der Waals surface area contributed by atoms with Crippen LogP contribution in [0.4, 0.5) is 5.69 Å². The predicted octanol–water partition coefficient (Wildman–Crippen LogP) is 5.76. The number of nitrogens with zero attached hydrogens (tertiary/aromatic N) is 2. The van der Waals surface area contributed by atoms with Gasteiger partial charge < -0.3 is 9.30 Å². The third-order valence-electron chi connectivity index (χ3n) is 3.79. The Kier molecular flexibility index (Phi) is 5.84. The van der Waals surface area contributed by atoms with E-state index in [1.165, 1.54) is 0 Å². The van der Waals surface area contributed by atoms with E-state index in [1.54, 1.807) is 0 Å². The van der Waals surface area contributed by atoms with E-state index < -0.39 is 8.07 Å². The lowest BCUT2D eigenvalue weighted by atomic mass is 10.1. The molecule has 0 N–H and O–H groups in total. The van der Waals surface area contributed by atoms with Crippen LogP contribution in [0.15, 0.2) is 35.5 Å². The number of aryl methyl sites for hydroxylation is 1. The third kappa shape index (κ3) is 4.80. The Balaban J connectivity index is 2.24. The molecule has 2 rings (SSSR count). The van der Waals surface area contributed by atoms with Crippen molar-refractivity contribution in [2.45, 2.75) is 39.3 Å². The van der Waals surface area contributed by atoms with Crippen molar-refractivity contribution in [3.8, 4) is 11.3 Å². The molecule has 2 aromatic rings. The number of aromatic nitrogens is 1. The van der Waals surface area contributed by atoms with E-state index in [0.29, 0.717) is 11.8 Å².